The van der Waals surface area contributed by atoms with E-state index in [-0.39, 0.29) is 21.7 Å². The van der Waals surface area contributed by atoms with E-state index < -0.39 is 0 Å². The molecule has 0 aromatic carbocycles. The van der Waals surface area contributed by atoms with Crippen molar-refractivity contribution in [2.45, 2.75) is 0 Å². The first kappa shape index (κ1) is 8.95. The van der Waals surface area contributed by atoms with Crippen LogP contribution in [-0.2, 0) is 25.6 Å². The molecular formula is H2AlNOTi. The molecule has 0 atom stereocenters. The van der Waals surface area contributed by atoms with Gasteiger partial charge in [-0.05, 0) is 0 Å². The van der Waals surface area contributed by atoms with Crippen LogP contribution >= 0.6 is 0 Å². The minimum Gasteiger partial charge on any atom is -0.454 e. The fourth-order valence-electron chi connectivity index (χ4n) is 0. The molecule has 20 valence electrons. The number of nitrogens with two attached hydrogens (primary N) is 1. The molecule has 0 rings (SSSR count). The third-order valence-electron chi connectivity index (χ3n) is 0. The monoisotopic (exact) mass is 107 g/mol. The van der Waals surface area contributed by atoms with E-state index in [0.29, 0.717) is 0 Å². The smallest absolute Gasteiger partial charge is 0.409 e. The fourth-order valence-corrected chi connectivity index (χ4v) is 0. The molecule has 0 aliphatic carbocycles. The summed E-state index contributed by atoms with van der Waals surface area (Å²) < 4.78 is 3.67. The van der Waals surface area contributed by atoms with Crippen LogP contribution in [0.4, 0.5) is 0 Å². The van der Waals surface area contributed by atoms with Gasteiger partial charge in [0, 0.05) is 21.7 Å². The second-order valence-corrected chi connectivity index (χ2v) is 0.408. The zero-order valence-electron chi connectivity index (χ0n) is 2.06. The maximum atomic E-state index is 4.31. The van der Waals surface area contributed by atoms with Crippen LogP contribution in [0.25, 0.3) is 0 Å². The molecule has 0 aliphatic heterocycles. The zero-order chi connectivity index (χ0) is 2.71. The van der Waals surface area contributed by atoms with Crippen LogP contribution in [-0.4, -0.2) is 16.6 Å². The van der Waals surface area contributed by atoms with E-state index in [1.54, 1.807) is 0 Å². The van der Waals surface area contributed by atoms with Crippen LogP contribution < -0.4 is 5.90 Å². The van der Waals surface area contributed by atoms with Gasteiger partial charge in [0.1, 0.15) is 0 Å². The Balaban J connectivity index is 0. The summed E-state index contributed by atoms with van der Waals surface area (Å²) in [5, 5.41) is 0. The van der Waals surface area contributed by atoms with E-state index in [9.17, 15) is 0 Å². The van der Waals surface area contributed by atoms with Crippen molar-refractivity contribution in [3.63, 3.8) is 0 Å². The van der Waals surface area contributed by atoms with Crippen molar-refractivity contribution in [1.29, 1.82) is 0 Å². The van der Waals surface area contributed by atoms with Crippen molar-refractivity contribution in [1.82, 2.24) is 0 Å². The summed E-state index contributed by atoms with van der Waals surface area (Å²) >= 11 is 1.86. The van der Waals surface area contributed by atoms with Gasteiger partial charge in [0.25, 0.3) is 0 Å². The first-order valence-corrected chi connectivity index (χ1v) is 0.943. The molecule has 2 N–H and O–H groups in total. The van der Waals surface area contributed by atoms with Crippen LogP contribution in [0.1, 0.15) is 0 Å². The molecule has 4 heteroatoms. The molecule has 0 heterocycles. The maximum Gasteiger partial charge on any atom is 0.409 e. The summed E-state index contributed by atoms with van der Waals surface area (Å²) in [4.78, 5) is 0. The molecule has 0 unspecified atom stereocenters. The Morgan fingerprint density at radius 3 is 1.75 bits per heavy atom. The van der Waals surface area contributed by atoms with E-state index >= 15 is 0 Å². The van der Waals surface area contributed by atoms with Gasteiger partial charge in [0.05, 0.1) is 0 Å². The van der Waals surface area contributed by atoms with E-state index in [0.717, 1.165) is 0 Å². The van der Waals surface area contributed by atoms with Gasteiger partial charge in [-0.2, -0.15) is 0 Å². The van der Waals surface area contributed by atoms with Gasteiger partial charge in [0.15, 0.2) is 0 Å². The van der Waals surface area contributed by atoms with Gasteiger partial charge in [0.2, 0.25) is 0 Å². The van der Waals surface area contributed by atoms with Crippen molar-refractivity contribution in [3.8, 4) is 0 Å². The molecule has 4 heavy (non-hydrogen) atoms. The normalized spacial score (nSPS) is 4.25. The Bertz CT molecular complexity index is 8.00. The van der Waals surface area contributed by atoms with E-state index in [1.807, 2.05) is 16.6 Å². The predicted octanol–water partition coefficient (Wildman–Crippen LogP) is -1.04. The fraction of sp³-hybridized carbons (Fsp3) is 0. The molecule has 0 bridgehead atoms. The van der Waals surface area contributed by atoms with E-state index in [4.69, 9.17) is 0 Å². The standard InChI is InChI=1S/Al.H2NO.Ti/c;1-2;/h;1H2;/q+1;-1;. The summed E-state index contributed by atoms with van der Waals surface area (Å²) in [5.74, 6) is 4.31. The van der Waals surface area contributed by atoms with Crippen LogP contribution in [0.5, 0.6) is 0 Å². The Hall–Kier alpha value is 1.17. The van der Waals surface area contributed by atoms with Crippen molar-refractivity contribution < 1.29 is 25.6 Å². The first-order valence-electron chi connectivity index (χ1n) is 0.471. The Kier molecular flexibility index (Phi) is 19.9. The second kappa shape index (κ2) is 8.90. The third-order valence-corrected chi connectivity index (χ3v) is 0. The van der Waals surface area contributed by atoms with Gasteiger partial charge in [-0.25, -0.2) is 0 Å². The molecule has 0 fully saturated rings. The zero-order valence-corrected chi connectivity index (χ0v) is 4.78. The molecule has 0 saturated heterocycles. The molecule has 0 aromatic heterocycles. The summed E-state index contributed by atoms with van der Waals surface area (Å²) in [6, 6.07) is 0. The van der Waals surface area contributed by atoms with Crippen LogP contribution in [0, 0.1) is 0 Å². The molecule has 2 nitrogen and oxygen atoms in total. The number of hydrogen-bond donors (Lipinski definition) is 1. The molecule has 0 spiro atoms. The molecule has 0 saturated carbocycles. The molecule has 0 amide bonds. The SMILES string of the molecule is N[O][Al].[Ti]. The van der Waals surface area contributed by atoms with Crippen molar-refractivity contribution in [2.24, 2.45) is 5.90 Å². The molecule has 2 radical (unpaired) electrons. The van der Waals surface area contributed by atoms with E-state index in [1.165, 1.54) is 0 Å². The predicted molar refractivity (Wildman–Crippen MR) is 11.0 cm³/mol. The molecule has 0 aromatic rings. The van der Waals surface area contributed by atoms with Crippen LogP contribution in [0.3, 0.4) is 0 Å². The summed E-state index contributed by atoms with van der Waals surface area (Å²) in [7, 11) is 0. The van der Waals surface area contributed by atoms with Crippen LogP contribution in [0.2, 0.25) is 0 Å². The first-order chi connectivity index (χ1) is 1.41. The average molecular weight is 107 g/mol. The molecule has 0 aliphatic rings. The number of rotatable bonds is 0. The minimum atomic E-state index is 0. The average Bonchev–Trinajstić information content (AvgIpc) is 0.918. The van der Waals surface area contributed by atoms with Gasteiger partial charge in [-0.3, -0.25) is 5.90 Å². The largest absolute Gasteiger partial charge is 0.454 e. The van der Waals surface area contributed by atoms with Gasteiger partial charge >= 0.3 is 16.6 Å². The van der Waals surface area contributed by atoms with Gasteiger partial charge in [-0.15, -0.1) is 0 Å². The summed E-state index contributed by atoms with van der Waals surface area (Å²) in [6.45, 7) is 0. The molecular weight excluding hydrogens is 105 g/mol. The quantitative estimate of drug-likeness (QED) is 0.317. The maximum absolute atomic E-state index is 4.31. The minimum absolute atomic E-state index is 0. The van der Waals surface area contributed by atoms with Gasteiger partial charge in [-0.1, -0.05) is 0 Å². The van der Waals surface area contributed by atoms with Crippen molar-refractivity contribution in [3.05, 3.63) is 0 Å². The van der Waals surface area contributed by atoms with E-state index in [2.05, 4.69) is 9.79 Å². The second-order valence-electron chi connectivity index (χ2n) is 0.136. The summed E-state index contributed by atoms with van der Waals surface area (Å²) in [5.41, 5.74) is 0. The van der Waals surface area contributed by atoms with Crippen LogP contribution in [0.15, 0.2) is 0 Å². The Labute approximate surface area is 48.3 Å². The topological polar surface area (TPSA) is 35.2 Å². The van der Waals surface area contributed by atoms with Crippen molar-refractivity contribution >= 4 is 16.6 Å². The summed E-state index contributed by atoms with van der Waals surface area (Å²) in [6.07, 6.45) is 0. The third kappa shape index (κ3) is 10.9. The number of hydrogen-bond acceptors (Lipinski definition) is 2. The van der Waals surface area contributed by atoms with Gasteiger partial charge < -0.3 is 3.89 Å². The van der Waals surface area contributed by atoms with Crippen molar-refractivity contribution in [2.75, 3.05) is 0 Å². The Morgan fingerprint density at radius 1 is 1.75 bits per heavy atom. The Morgan fingerprint density at radius 2 is 1.75 bits per heavy atom.